The van der Waals surface area contributed by atoms with E-state index >= 15 is 0 Å². The maximum Gasteiger partial charge on any atom is 0.270 e. The quantitative estimate of drug-likeness (QED) is 0.747. The van der Waals surface area contributed by atoms with Crippen LogP contribution in [0.1, 0.15) is 43.7 Å². The lowest BCUT2D eigenvalue weighted by Gasteiger charge is -2.21. The smallest absolute Gasteiger partial charge is 0.270 e. The van der Waals surface area contributed by atoms with Gasteiger partial charge in [-0.1, -0.05) is 0 Å². The number of nitrogens with zero attached hydrogens (tertiary/aromatic N) is 3. The molecule has 0 N–H and O–H groups in total. The highest BCUT2D eigenvalue weighted by Gasteiger charge is 2.31. The molecule has 2 aliphatic rings. The molecule has 1 aliphatic carbocycles. The molecule has 1 aromatic heterocycles. The molecule has 0 amide bonds. The van der Waals surface area contributed by atoms with E-state index in [0.717, 1.165) is 49.7 Å². The molecule has 0 bridgehead atoms. The Kier molecular flexibility index (Phi) is 5.48. The minimum Gasteiger partial charge on any atom is -0.495 e. The van der Waals surface area contributed by atoms with Crippen LogP contribution in [0.4, 0.5) is 0 Å². The summed E-state index contributed by atoms with van der Waals surface area (Å²) in [5.41, 5.74) is 3.18. The summed E-state index contributed by atoms with van der Waals surface area (Å²) in [6.45, 7) is 3.44. The lowest BCUT2D eigenvalue weighted by Crippen LogP contribution is -2.30. The summed E-state index contributed by atoms with van der Waals surface area (Å²) in [7, 11) is -2.16. The lowest BCUT2D eigenvalue weighted by molar-refractivity contribution is 0.398. The predicted molar refractivity (Wildman–Crippen MR) is 111 cm³/mol. The SMILES string of the molecule is CCn1nc(-c2ccc(OC)c(S(=O)(=O)N3CCCC3)c2)c2c(c1=O)CCCC2. The number of benzene rings is 1. The number of methoxy groups -OCH3 is 1. The number of rotatable bonds is 5. The molecule has 156 valence electrons. The van der Waals surface area contributed by atoms with Gasteiger partial charge >= 0.3 is 0 Å². The molecule has 1 aromatic carbocycles. The van der Waals surface area contributed by atoms with E-state index in [0.29, 0.717) is 36.6 Å². The summed E-state index contributed by atoms with van der Waals surface area (Å²) in [5, 5.41) is 4.61. The van der Waals surface area contributed by atoms with Crippen LogP contribution in [-0.4, -0.2) is 42.7 Å². The molecule has 8 heteroatoms. The molecule has 1 fully saturated rings. The number of hydrogen-bond acceptors (Lipinski definition) is 5. The molecule has 0 atom stereocenters. The fourth-order valence-corrected chi connectivity index (χ4v) is 6.02. The van der Waals surface area contributed by atoms with Gasteiger partial charge in [-0.3, -0.25) is 4.79 Å². The zero-order chi connectivity index (χ0) is 20.6. The minimum atomic E-state index is -3.65. The monoisotopic (exact) mass is 417 g/mol. The fourth-order valence-electron chi connectivity index (χ4n) is 4.32. The van der Waals surface area contributed by atoms with E-state index < -0.39 is 10.0 Å². The first-order valence-electron chi connectivity index (χ1n) is 10.3. The van der Waals surface area contributed by atoms with Crippen molar-refractivity contribution in [2.45, 2.75) is 56.9 Å². The van der Waals surface area contributed by atoms with Gasteiger partial charge in [0.25, 0.3) is 5.56 Å². The Balaban J connectivity index is 1.90. The third-order valence-corrected chi connectivity index (χ3v) is 7.81. The third-order valence-electron chi connectivity index (χ3n) is 5.89. The number of sulfonamides is 1. The van der Waals surface area contributed by atoms with Crippen molar-refractivity contribution in [3.8, 4) is 17.0 Å². The molecule has 29 heavy (non-hydrogen) atoms. The van der Waals surface area contributed by atoms with Crippen molar-refractivity contribution in [1.82, 2.24) is 14.1 Å². The van der Waals surface area contributed by atoms with E-state index in [1.807, 2.05) is 13.0 Å². The Morgan fingerprint density at radius 3 is 2.41 bits per heavy atom. The van der Waals surface area contributed by atoms with Crippen molar-refractivity contribution in [2.75, 3.05) is 20.2 Å². The van der Waals surface area contributed by atoms with Gasteiger partial charge in [0, 0.05) is 30.8 Å². The first-order valence-corrected chi connectivity index (χ1v) is 11.7. The van der Waals surface area contributed by atoms with Gasteiger partial charge in [0.15, 0.2) is 0 Å². The van der Waals surface area contributed by atoms with E-state index in [2.05, 4.69) is 5.10 Å². The highest BCUT2D eigenvalue weighted by Crippen LogP contribution is 2.35. The van der Waals surface area contributed by atoms with Crippen molar-refractivity contribution >= 4 is 10.0 Å². The van der Waals surface area contributed by atoms with E-state index in [4.69, 9.17) is 4.74 Å². The van der Waals surface area contributed by atoms with Crippen LogP contribution in [0.2, 0.25) is 0 Å². The maximum absolute atomic E-state index is 13.2. The number of aromatic nitrogens is 2. The van der Waals surface area contributed by atoms with Crippen LogP contribution in [0.5, 0.6) is 5.75 Å². The molecule has 2 heterocycles. The number of ether oxygens (including phenoxy) is 1. The van der Waals surface area contributed by atoms with Gasteiger partial charge in [0.2, 0.25) is 10.0 Å². The Morgan fingerprint density at radius 1 is 1.07 bits per heavy atom. The summed E-state index contributed by atoms with van der Waals surface area (Å²) >= 11 is 0. The molecule has 0 saturated carbocycles. The molecule has 7 nitrogen and oxygen atoms in total. The van der Waals surface area contributed by atoms with Crippen LogP contribution < -0.4 is 10.3 Å². The second-order valence-electron chi connectivity index (χ2n) is 7.61. The van der Waals surface area contributed by atoms with Gasteiger partial charge < -0.3 is 4.74 Å². The van der Waals surface area contributed by atoms with Crippen LogP contribution in [0.15, 0.2) is 27.9 Å². The summed E-state index contributed by atoms with van der Waals surface area (Å²) in [6, 6.07) is 5.19. The Morgan fingerprint density at radius 2 is 1.76 bits per heavy atom. The zero-order valence-electron chi connectivity index (χ0n) is 17.0. The second-order valence-corrected chi connectivity index (χ2v) is 9.52. The van der Waals surface area contributed by atoms with Gasteiger partial charge in [-0.2, -0.15) is 9.40 Å². The highest BCUT2D eigenvalue weighted by atomic mass is 32.2. The van der Waals surface area contributed by atoms with Crippen LogP contribution in [0.3, 0.4) is 0 Å². The molecule has 0 unspecified atom stereocenters. The predicted octanol–water partition coefficient (Wildman–Crippen LogP) is 2.60. The number of hydrogen-bond donors (Lipinski definition) is 0. The molecule has 1 saturated heterocycles. The minimum absolute atomic E-state index is 0.0237. The number of aryl methyl sites for hydroxylation is 1. The molecular formula is C21H27N3O4S. The van der Waals surface area contributed by atoms with Crippen LogP contribution >= 0.6 is 0 Å². The first-order chi connectivity index (χ1) is 14.0. The second kappa shape index (κ2) is 7.91. The Bertz CT molecular complexity index is 1090. The maximum atomic E-state index is 13.2. The normalized spacial score (nSPS) is 17.3. The van der Waals surface area contributed by atoms with Crippen molar-refractivity contribution in [3.63, 3.8) is 0 Å². The van der Waals surface area contributed by atoms with Crippen molar-refractivity contribution in [3.05, 3.63) is 39.7 Å². The van der Waals surface area contributed by atoms with Crippen LogP contribution in [-0.2, 0) is 29.4 Å². The van der Waals surface area contributed by atoms with Crippen molar-refractivity contribution in [2.24, 2.45) is 0 Å². The summed E-state index contributed by atoms with van der Waals surface area (Å²) in [6.07, 6.45) is 5.28. The number of fused-ring (bicyclic) bond motifs is 1. The van der Waals surface area contributed by atoms with Crippen molar-refractivity contribution in [1.29, 1.82) is 0 Å². The molecular weight excluding hydrogens is 390 g/mol. The standard InChI is InChI=1S/C21H27N3O4S/c1-3-24-21(25)17-9-5-4-8-16(17)20(22-24)15-10-11-18(28-2)19(14-15)29(26,27)23-12-6-7-13-23/h10-11,14H,3-9,12-13H2,1-2H3. The van der Waals surface area contributed by atoms with Gasteiger partial charge in [-0.05, 0) is 69.2 Å². The topological polar surface area (TPSA) is 81.5 Å². The van der Waals surface area contributed by atoms with Gasteiger partial charge in [0.05, 0.1) is 12.8 Å². The average molecular weight is 418 g/mol. The first kappa shape index (κ1) is 20.1. The molecule has 0 spiro atoms. The van der Waals surface area contributed by atoms with E-state index in [-0.39, 0.29) is 10.5 Å². The van der Waals surface area contributed by atoms with E-state index in [1.165, 1.54) is 16.1 Å². The summed E-state index contributed by atoms with van der Waals surface area (Å²) in [4.78, 5) is 12.9. The summed E-state index contributed by atoms with van der Waals surface area (Å²) < 4.78 is 34.8. The van der Waals surface area contributed by atoms with Gasteiger partial charge in [-0.15, -0.1) is 0 Å². The van der Waals surface area contributed by atoms with E-state index in [9.17, 15) is 13.2 Å². The Labute approximate surface area is 171 Å². The lowest BCUT2D eigenvalue weighted by atomic mass is 9.90. The average Bonchev–Trinajstić information content (AvgIpc) is 3.30. The van der Waals surface area contributed by atoms with Crippen LogP contribution in [0, 0.1) is 0 Å². The molecule has 4 rings (SSSR count). The van der Waals surface area contributed by atoms with Crippen LogP contribution in [0.25, 0.3) is 11.3 Å². The van der Waals surface area contributed by atoms with Crippen molar-refractivity contribution < 1.29 is 13.2 Å². The molecule has 2 aromatic rings. The molecule has 1 aliphatic heterocycles. The zero-order valence-corrected chi connectivity index (χ0v) is 17.8. The van der Waals surface area contributed by atoms with E-state index in [1.54, 1.807) is 12.1 Å². The van der Waals surface area contributed by atoms with Gasteiger partial charge in [-0.25, -0.2) is 13.1 Å². The molecule has 0 radical (unpaired) electrons. The largest absolute Gasteiger partial charge is 0.495 e. The third kappa shape index (κ3) is 3.48. The Hall–Kier alpha value is -2.19. The fraction of sp³-hybridized carbons (Fsp3) is 0.524. The summed E-state index contributed by atoms with van der Waals surface area (Å²) in [5.74, 6) is 0.332. The van der Waals surface area contributed by atoms with Gasteiger partial charge in [0.1, 0.15) is 10.6 Å². The highest BCUT2D eigenvalue weighted by molar-refractivity contribution is 7.89.